The normalized spacial score (nSPS) is 11.1. The van der Waals surface area contributed by atoms with Crippen molar-refractivity contribution >= 4 is 38.6 Å². The second kappa shape index (κ2) is 11.6. The Morgan fingerprint density at radius 3 is 1.42 bits per heavy atom. The predicted molar refractivity (Wildman–Crippen MR) is 192 cm³/mol. The first-order valence-electron chi connectivity index (χ1n) is 15.4. The third-order valence-corrected chi connectivity index (χ3v) is 8.65. The Kier molecular flexibility index (Phi) is 6.90. The van der Waals surface area contributed by atoms with E-state index < -0.39 is 0 Å². The highest BCUT2D eigenvalue weighted by Gasteiger charge is 2.16. The molecule has 212 valence electrons. The Balaban J connectivity index is 1.26. The van der Waals surface area contributed by atoms with Gasteiger partial charge in [0.2, 0.25) is 0 Å². The first-order valence-corrected chi connectivity index (χ1v) is 15.4. The summed E-state index contributed by atoms with van der Waals surface area (Å²) in [5, 5.41) is 5.09. The predicted octanol–water partition coefficient (Wildman–Crippen LogP) is 12.5. The summed E-state index contributed by atoms with van der Waals surface area (Å²) in [5.74, 6) is 0. The number of anilines is 3. The monoisotopic (exact) mass is 573 g/mol. The number of para-hydroxylation sites is 1. The minimum Gasteiger partial charge on any atom is -0.311 e. The van der Waals surface area contributed by atoms with Crippen LogP contribution in [0, 0.1) is 0 Å². The summed E-state index contributed by atoms with van der Waals surface area (Å²) in [6, 6.07) is 67.5. The van der Waals surface area contributed by atoms with E-state index in [2.05, 4.69) is 193 Å². The average Bonchev–Trinajstić information content (AvgIpc) is 3.13. The fraction of sp³-hybridized carbons (Fsp3) is 0. The molecule has 1 nitrogen and oxygen atoms in total. The topological polar surface area (TPSA) is 3.24 Å². The van der Waals surface area contributed by atoms with Gasteiger partial charge in [-0.1, -0.05) is 146 Å². The molecule has 0 atom stereocenters. The lowest BCUT2D eigenvalue weighted by atomic mass is 9.88. The molecule has 8 rings (SSSR count). The molecule has 0 bridgehead atoms. The van der Waals surface area contributed by atoms with Crippen molar-refractivity contribution in [2.45, 2.75) is 0 Å². The highest BCUT2D eigenvalue weighted by molar-refractivity contribution is 6.18. The molecule has 0 saturated heterocycles. The zero-order valence-electron chi connectivity index (χ0n) is 24.8. The van der Waals surface area contributed by atoms with Crippen LogP contribution in [-0.4, -0.2) is 0 Å². The molecular formula is C44H31N. The van der Waals surface area contributed by atoms with E-state index >= 15 is 0 Å². The quantitative estimate of drug-likeness (QED) is 0.179. The van der Waals surface area contributed by atoms with Crippen molar-refractivity contribution in [3.8, 4) is 33.4 Å². The number of hydrogen-bond donors (Lipinski definition) is 0. The summed E-state index contributed by atoms with van der Waals surface area (Å²) in [6.07, 6.45) is 0. The first-order chi connectivity index (χ1) is 22.3. The molecule has 0 unspecified atom stereocenters. The largest absolute Gasteiger partial charge is 0.311 e. The molecule has 0 radical (unpaired) electrons. The lowest BCUT2D eigenvalue weighted by Crippen LogP contribution is -2.09. The van der Waals surface area contributed by atoms with E-state index in [1.54, 1.807) is 0 Å². The number of nitrogens with zero attached hydrogens (tertiary/aromatic N) is 1. The van der Waals surface area contributed by atoms with Crippen molar-refractivity contribution in [1.29, 1.82) is 0 Å². The molecule has 8 aromatic rings. The molecule has 8 aromatic carbocycles. The van der Waals surface area contributed by atoms with E-state index in [1.807, 2.05) is 0 Å². The van der Waals surface area contributed by atoms with Gasteiger partial charge in [-0.15, -0.1) is 0 Å². The molecular weight excluding hydrogens is 542 g/mol. The molecule has 0 aromatic heterocycles. The highest BCUT2D eigenvalue weighted by atomic mass is 15.1. The maximum atomic E-state index is 2.36. The van der Waals surface area contributed by atoms with Crippen LogP contribution in [0.4, 0.5) is 17.1 Å². The first kappa shape index (κ1) is 26.7. The Morgan fingerprint density at radius 2 is 0.756 bits per heavy atom. The van der Waals surface area contributed by atoms with Crippen LogP contribution >= 0.6 is 0 Å². The molecule has 0 aliphatic heterocycles. The maximum Gasteiger partial charge on any atom is 0.0462 e. The van der Waals surface area contributed by atoms with Crippen LogP contribution in [-0.2, 0) is 0 Å². The van der Waals surface area contributed by atoms with Crippen molar-refractivity contribution in [3.63, 3.8) is 0 Å². The van der Waals surface area contributed by atoms with Gasteiger partial charge < -0.3 is 4.90 Å². The van der Waals surface area contributed by atoms with Gasteiger partial charge in [-0.05, 0) is 97.4 Å². The number of hydrogen-bond acceptors (Lipinski definition) is 1. The second-order valence-electron chi connectivity index (χ2n) is 11.4. The smallest absolute Gasteiger partial charge is 0.0462 e. The molecule has 0 aliphatic carbocycles. The summed E-state index contributed by atoms with van der Waals surface area (Å²) in [5.41, 5.74) is 10.7. The van der Waals surface area contributed by atoms with Crippen molar-refractivity contribution in [2.24, 2.45) is 0 Å². The van der Waals surface area contributed by atoms with Gasteiger partial charge in [0, 0.05) is 17.1 Å². The van der Waals surface area contributed by atoms with Crippen LogP contribution in [0.1, 0.15) is 0 Å². The van der Waals surface area contributed by atoms with Gasteiger partial charge in [-0.2, -0.15) is 0 Å². The minimum atomic E-state index is 1.12. The number of benzene rings is 8. The van der Waals surface area contributed by atoms with Crippen LogP contribution in [0.25, 0.3) is 54.9 Å². The summed E-state index contributed by atoms with van der Waals surface area (Å²) in [7, 11) is 0. The summed E-state index contributed by atoms with van der Waals surface area (Å²) >= 11 is 0. The van der Waals surface area contributed by atoms with Gasteiger partial charge in [0.25, 0.3) is 0 Å². The van der Waals surface area contributed by atoms with Crippen molar-refractivity contribution in [3.05, 3.63) is 188 Å². The van der Waals surface area contributed by atoms with E-state index in [-0.39, 0.29) is 0 Å². The molecule has 0 aliphatic rings. The third kappa shape index (κ3) is 5.05. The minimum absolute atomic E-state index is 1.12. The van der Waals surface area contributed by atoms with Crippen LogP contribution in [0.5, 0.6) is 0 Å². The van der Waals surface area contributed by atoms with Crippen molar-refractivity contribution in [1.82, 2.24) is 0 Å². The number of rotatable bonds is 6. The maximum absolute atomic E-state index is 2.36. The fourth-order valence-corrected chi connectivity index (χ4v) is 6.50. The molecule has 0 heterocycles. The SMILES string of the molecule is c1ccc(-c2ccc(N(c3ccccc3)c3ccc(-c4cc5ccccc5c5cccc(-c6ccccc6)c45)cc3)cc2)cc1. The van der Waals surface area contributed by atoms with E-state index in [4.69, 9.17) is 0 Å². The van der Waals surface area contributed by atoms with Gasteiger partial charge in [0.15, 0.2) is 0 Å². The molecule has 1 heteroatoms. The third-order valence-electron chi connectivity index (χ3n) is 8.65. The molecule has 45 heavy (non-hydrogen) atoms. The van der Waals surface area contributed by atoms with E-state index in [0.29, 0.717) is 0 Å². The van der Waals surface area contributed by atoms with E-state index in [1.165, 1.54) is 54.9 Å². The Labute approximate surface area is 264 Å². The Morgan fingerprint density at radius 1 is 0.289 bits per heavy atom. The second-order valence-corrected chi connectivity index (χ2v) is 11.4. The van der Waals surface area contributed by atoms with Crippen LogP contribution < -0.4 is 4.90 Å². The van der Waals surface area contributed by atoms with Crippen molar-refractivity contribution in [2.75, 3.05) is 4.90 Å². The van der Waals surface area contributed by atoms with Crippen molar-refractivity contribution < 1.29 is 0 Å². The van der Waals surface area contributed by atoms with Crippen LogP contribution in [0.3, 0.4) is 0 Å². The molecule has 0 spiro atoms. The lowest BCUT2D eigenvalue weighted by molar-refractivity contribution is 1.28. The van der Waals surface area contributed by atoms with E-state index in [9.17, 15) is 0 Å². The highest BCUT2D eigenvalue weighted by Crippen LogP contribution is 2.42. The lowest BCUT2D eigenvalue weighted by Gasteiger charge is -2.26. The zero-order valence-corrected chi connectivity index (χ0v) is 24.8. The molecule has 0 saturated carbocycles. The summed E-state index contributed by atoms with van der Waals surface area (Å²) < 4.78 is 0. The number of fused-ring (bicyclic) bond motifs is 3. The molecule has 0 N–H and O–H groups in total. The fourth-order valence-electron chi connectivity index (χ4n) is 6.50. The molecule has 0 fully saturated rings. The summed E-state index contributed by atoms with van der Waals surface area (Å²) in [6.45, 7) is 0. The van der Waals surface area contributed by atoms with Gasteiger partial charge >= 0.3 is 0 Å². The van der Waals surface area contributed by atoms with Crippen LogP contribution in [0.2, 0.25) is 0 Å². The van der Waals surface area contributed by atoms with E-state index in [0.717, 1.165) is 17.1 Å². The zero-order chi connectivity index (χ0) is 30.0. The Hall–Kier alpha value is -5.92. The van der Waals surface area contributed by atoms with Gasteiger partial charge in [-0.25, -0.2) is 0 Å². The van der Waals surface area contributed by atoms with Gasteiger partial charge in [-0.3, -0.25) is 0 Å². The van der Waals surface area contributed by atoms with Crippen LogP contribution in [0.15, 0.2) is 188 Å². The molecule has 0 amide bonds. The van der Waals surface area contributed by atoms with Gasteiger partial charge in [0.05, 0.1) is 0 Å². The average molecular weight is 574 g/mol. The standard InChI is InChI=1S/C44H31N/c1-4-13-32(14-5-1)33-23-27-38(28-24-33)45(37-18-8-3-9-19-37)39-29-25-35(26-30-39)43-31-36-17-10-11-20-40(36)42-22-12-21-41(44(42)43)34-15-6-2-7-16-34/h1-31H. The summed E-state index contributed by atoms with van der Waals surface area (Å²) in [4.78, 5) is 2.33. The van der Waals surface area contributed by atoms with Gasteiger partial charge in [0.1, 0.15) is 0 Å². The Bertz CT molecular complexity index is 2220.